The highest BCUT2D eigenvalue weighted by atomic mass is 19.4. The molecule has 0 bridgehead atoms. The molecule has 14 heavy (non-hydrogen) atoms. The van der Waals surface area contributed by atoms with Crippen LogP contribution in [0.4, 0.5) is 13.2 Å². The fourth-order valence-electron chi connectivity index (χ4n) is 0.919. The molecule has 0 aromatic heterocycles. The van der Waals surface area contributed by atoms with Crippen LogP contribution in [0, 0.1) is 0 Å². The van der Waals surface area contributed by atoms with E-state index >= 15 is 0 Å². The molecule has 0 amide bonds. The van der Waals surface area contributed by atoms with E-state index in [0.29, 0.717) is 6.08 Å². The molecule has 1 aliphatic heterocycles. The lowest BCUT2D eigenvalue weighted by Gasteiger charge is -2.15. The molecule has 1 heterocycles. The molecule has 3 nitrogen and oxygen atoms in total. The second kappa shape index (κ2) is 3.27. The van der Waals surface area contributed by atoms with Gasteiger partial charge in [-0.05, 0) is 0 Å². The maximum atomic E-state index is 11.8. The van der Waals surface area contributed by atoms with Gasteiger partial charge in [-0.3, -0.25) is 4.79 Å². The maximum Gasteiger partial charge on any atom is 0.454 e. The zero-order valence-electron chi connectivity index (χ0n) is 7.64. The van der Waals surface area contributed by atoms with Crippen LogP contribution in [0.25, 0.3) is 0 Å². The van der Waals surface area contributed by atoms with Crippen LogP contribution in [0.3, 0.4) is 0 Å². The van der Waals surface area contributed by atoms with Gasteiger partial charge in [0.05, 0.1) is 0 Å². The summed E-state index contributed by atoms with van der Waals surface area (Å²) in [5, 5.41) is 0. The normalized spacial score (nSPS) is 23.6. The van der Waals surface area contributed by atoms with E-state index < -0.39 is 17.7 Å². The Morgan fingerprint density at radius 1 is 1.50 bits per heavy atom. The molecule has 0 saturated carbocycles. The molecule has 1 saturated heterocycles. The number of ketones is 1. The number of ether oxygens (including phenoxy) is 2. The Morgan fingerprint density at radius 2 is 2.07 bits per heavy atom. The number of rotatable bonds is 1. The highest BCUT2D eigenvalue weighted by Crippen LogP contribution is 2.26. The Hall–Kier alpha value is -1.04. The van der Waals surface area contributed by atoms with Crippen LogP contribution in [0.1, 0.15) is 13.8 Å². The van der Waals surface area contributed by atoms with Crippen LogP contribution >= 0.6 is 0 Å². The molecular formula is C8H9F3O3. The van der Waals surface area contributed by atoms with Gasteiger partial charge in [0.1, 0.15) is 12.4 Å². The average Bonchev–Trinajstić information content (AvgIpc) is 2.28. The van der Waals surface area contributed by atoms with Crippen LogP contribution < -0.4 is 0 Å². The minimum atomic E-state index is -4.86. The van der Waals surface area contributed by atoms with E-state index in [0.717, 1.165) is 0 Å². The quantitative estimate of drug-likeness (QED) is 0.619. The summed E-state index contributed by atoms with van der Waals surface area (Å²) in [7, 11) is 0. The van der Waals surface area contributed by atoms with E-state index in [4.69, 9.17) is 9.47 Å². The van der Waals surface area contributed by atoms with Crippen molar-refractivity contribution < 1.29 is 27.4 Å². The van der Waals surface area contributed by atoms with Crippen molar-refractivity contribution in [1.29, 1.82) is 0 Å². The van der Waals surface area contributed by atoms with E-state index in [-0.39, 0.29) is 12.4 Å². The van der Waals surface area contributed by atoms with Crippen molar-refractivity contribution in [2.75, 3.05) is 6.61 Å². The van der Waals surface area contributed by atoms with Crippen molar-refractivity contribution in [2.45, 2.75) is 25.8 Å². The fraction of sp³-hybridized carbons (Fsp3) is 0.625. The third-order valence-electron chi connectivity index (χ3n) is 1.51. The molecule has 0 spiro atoms. The van der Waals surface area contributed by atoms with E-state index in [2.05, 4.69) is 0 Å². The van der Waals surface area contributed by atoms with Gasteiger partial charge in [-0.25, -0.2) is 0 Å². The van der Waals surface area contributed by atoms with E-state index in [1.807, 2.05) is 0 Å². The van der Waals surface area contributed by atoms with Gasteiger partial charge in [-0.2, -0.15) is 13.2 Å². The van der Waals surface area contributed by atoms with E-state index in [9.17, 15) is 18.0 Å². The first-order valence-electron chi connectivity index (χ1n) is 3.85. The van der Waals surface area contributed by atoms with Gasteiger partial charge in [0, 0.05) is 19.9 Å². The lowest BCUT2D eigenvalue weighted by atomic mass is 10.3. The summed E-state index contributed by atoms with van der Waals surface area (Å²) in [6.45, 7) is 2.98. The number of allylic oxidation sites excluding steroid dienone is 1. The van der Waals surface area contributed by atoms with Crippen molar-refractivity contribution in [2.24, 2.45) is 0 Å². The average molecular weight is 210 g/mol. The van der Waals surface area contributed by atoms with Gasteiger partial charge in [-0.15, -0.1) is 0 Å². The van der Waals surface area contributed by atoms with Gasteiger partial charge in [-0.1, -0.05) is 0 Å². The summed E-state index contributed by atoms with van der Waals surface area (Å²) in [5.74, 6) is -3.00. The van der Waals surface area contributed by atoms with Gasteiger partial charge in [0.15, 0.2) is 0 Å². The first kappa shape index (κ1) is 11.0. The second-order valence-corrected chi connectivity index (χ2v) is 3.26. The molecule has 6 heteroatoms. The number of hydrogen-bond acceptors (Lipinski definition) is 3. The van der Waals surface area contributed by atoms with Gasteiger partial charge >= 0.3 is 6.18 Å². The zero-order valence-corrected chi connectivity index (χ0v) is 7.64. The smallest absolute Gasteiger partial charge is 0.454 e. The lowest BCUT2D eigenvalue weighted by Crippen LogP contribution is -2.21. The summed E-state index contributed by atoms with van der Waals surface area (Å²) >= 11 is 0. The van der Waals surface area contributed by atoms with Crippen molar-refractivity contribution in [3.63, 3.8) is 0 Å². The Morgan fingerprint density at radius 3 is 2.43 bits per heavy atom. The van der Waals surface area contributed by atoms with Crippen molar-refractivity contribution >= 4 is 5.78 Å². The monoisotopic (exact) mass is 210 g/mol. The SMILES string of the molecule is CC1(C)OC/C(=C/C(=O)C(F)(F)F)O1. The summed E-state index contributed by atoms with van der Waals surface area (Å²) in [4.78, 5) is 10.5. The molecule has 0 unspecified atom stereocenters. The standard InChI is InChI=1S/C8H9F3O3/c1-7(2)13-4-5(14-7)3-6(12)8(9,10)11/h3H,4H2,1-2H3/b5-3-. The first-order valence-corrected chi connectivity index (χ1v) is 3.85. The Bertz CT molecular complexity index is 278. The van der Waals surface area contributed by atoms with E-state index in [1.165, 1.54) is 0 Å². The van der Waals surface area contributed by atoms with Gasteiger partial charge in [0.2, 0.25) is 5.79 Å². The largest absolute Gasteiger partial charge is 0.465 e. The second-order valence-electron chi connectivity index (χ2n) is 3.26. The molecule has 1 fully saturated rings. The zero-order chi connectivity index (χ0) is 11.0. The molecule has 0 aromatic carbocycles. The minimum Gasteiger partial charge on any atom is -0.465 e. The molecule has 1 aliphatic rings. The Kier molecular flexibility index (Phi) is 2.58. The third-order valence-corrected chi connectivity index (χ3v) is 1.51. The molecule has 0 N–H and O–H groups in total. The lowest BCUT2D eigenvalue weighted by molar-refractivity contribution is -0.165. The molecule has 0 aromatic rings. The van der Waals surface area contributed by atoms with Crippen LogP contribution in [0.5, 0.6) is 0 Å². The summed E-state index contributed by atoms with van der Waals surface area (Å²) < 4.78 is 45.3. The molecule has 1 rings (SSSR count). The Labute approximate surface area is 78.5 Å². The molecule has 0 atom stereocenters. The van der Waals surface area contributed by atoms with Crippen molar-refractivity contribution in [1.82, 2.24) is 0 Å². The van der Waals surface area contributed by atoms with Crippen LogP contribution in [-0.4, -0.2) is 24.4 Å². The minimum absolute atomic E-state index is 0.0997. The fourth-order valence-corrected chi connectivity index (χ4v) is 0.919. The summed E-state index contributed by atoms with van der Waals surface area (Å²) in [6.07, 6.45) is -4.45. The number of carbonyl (C=O) groups excluding carboxylic acids is 1. The van der Waals surface area contributed by atoms with Gasteiger partial charge < -0.3 is 9.47 Å². The number of hydrogen-bond donors (Lipinski definition) is 0. The van der Waals surface area contributed by atoms with E-state index in [1.54, 1.807) is 13.8 Å². The maximum absolute atomic E-state index is 11.8. The summed E-state index contributed by atoms with van der Waals surface area (Å²) in [5.41, 5.74) is 0. The van der Waals surface area contributed by atoms with Crippen LogP contribution in [0.2, 0.25) is 0 Å². The number of halogens is 3. The highest BCUT2D eigenvalue weighted by Gasteiger charge is 2.38. The van der Waals surface area contributed by atoms with Gasteiger partial charge in [0.25, 0.3) is 5.78 Å². The van der Waals surface area contributed by atoms with Crippen LogP contribution in [-0.2, 0) is 14.3 Å². The highest BCUT2D eigenvalue weighted by molar-refractivity contribution is 5.94. The number of carbonyl (C=O) groups is 1. The molecular weight excluding hydrogens is 201 g/mol. The van der Waals surface area contributed by atoms with Crippen molar-refractivity contribution in [3.8, 4) is 0 Å². The molecule has 0 aliphatic carbocycles. The Balaban J connectivity index is 2.68. The molecule has 80 valence electrons. The predicted molar refractivity (Wildman–Crippen MR) is 40.3 cm³/mol. The topological polar surface area (TPSA) is 35.5 Å². The predicted octanol–water partition coefficient (Wildman–Crippen LogP) is 1.78. The molecule has 0 radical (unpaired) electrons. The van der Waals surface area contributed by atoms with Crippen LogP contribution in [0.15, 0.2) is 11.8 Å². The van der Waals surface area contributed by atoms with Crippen molar-refractivity contribution in [3.05, 3.63) is 11.8 Å². The summed E-state index contributed by atoms with van der Waals surface area (Å²) in [6, 6.07) is 0. The first-order chi connectivity index (χ1) is 6.21. The third kappa shape index (κ3) is 2.73. The number of alkyl halides is 3.